The van der Waals surface area contributed by atoms with Crippen LogP contribution in [-0.2, 0) is 10.2 Å². The van der Waals surface area contributed by atoms with Gasteiger partial charge >= 0.3 is 0 Å². The third kappa shape index (κ3) is 5.42. The Bertz CT molecular complexity index is 1120. The molecule has 0 spiro atoms. The number of benzene rings is 1. The van der Waals surface area contributed by atoms with Crippen LogP contribution in [0.3, 0.4) is 0 Å². The lowest BCUT2D eigenvalue weighted by Crippen LogP contribution is -2.27. The van der Waals surface area contributed by atoms with Gasteiger partial charge in [-0.3, -0.25) is 9.97 Å². The van der Waals surface area contributed by atoms with Gasteiger partial charge in [-0.2, -0.15) is 9.97 Å². The predicted octanol–water partition coefficient (Wildman–Crippen LogP) is 4.99. The normalized spacial score (nSPS) is 14.6. The molecular formula is C21H19Cl3N6O. The van der Waals surface area contributed by atoms with Gasteiger partial charge in [-0.05, 0) is 38.1 Å². The SMILES string of the molecule is CC1(C)C=Cc2cc(-c3nc(NCCc4cnccn4)nc(C(Cl)(Cl)Cl)n3)ccc2O1. The van der Waals surface area contributed by atoms with E-state index in [0.29, 0.717) is 24.7 Å². The van der Waals surface area contributed by atoms with Crippen LogP contribution in [0.25, 0.3) is 17.5 Å². The van der Waals surface area contributed by atoms with Gasteiger partial charge in [-0.1, -0.05) is 40.9 Å². The number of fused-ring (bicyclic) bond motifs is 1. The smallest absolute Gasteiger partial charge is 0.250 e. The lowest BCUT2D eigenvalue weighted by molar-refractivity contribution is 0.159. The maximum atomic E-state index is 6.07. The van der Waals surface area contributed by atoms with E-state index in [9.17, 15) is 0 Å². The van der Waals surface area contributed by atoms with Gasteiger partial charge < -0.3 is 10.1 Å². The van der Waals surface area contributed by atoms with E-state index in [1.165, 1.54) is 0 Å². The summed E-state index contributed by atoms with van der Waals surface area (Å²) in [5.41, 5.74) is 2.16. The Kier molecular flexibility index (Phi) is 6.01. The van der Waals surface area contributed by atoms with Gasteiger partial charge in [-0.15, -0.1) is 0 Å². The molecule has 31 heavy (non-hydrogen) atoms. The molecule has 1 aliphatic heterocycles. The van der Waals surface area contributed by atoms with Gasteiger partial charge in [0.2, 0.25) is 9.74 Å². The van der Waals surface area contributed by atoms with E-state index in [2.05, 4.69) is 30.2 Å². The summed E-state index contributed by atoms with van der Waals surface area (Å²) in [6.07, 6.45) is 9.62. The van der Waals surface area contributed by atoms with Gasteiger partial charge in [0.25, 0.3) is 0 Å². The van der Waals surface area contributed by atoms with Crippen LogP contribution in [0.1, 0.15) is 30.9 Å². The average molecular weight is 478 g/mol. The fraction of sp³-hybridized carbons (Fsp3) is 0.286. The van der Waals surface area contributed by atoms with Crippen molar-refractivity contribution in [2.45, 2.75) is 29.7 Å². The van der Waals surface area contributed by atoms with E-state index in [1.807, 2.05) is 44.2 Å². The van der Waals surface area contributed by atoms with E-state index < -0.39 is 3.79 Å². The molecule has 0 saturated heterocycles. The summed E-state index contributed by atoms with van der Waals surface area (Å²) < 4.78 is 4.19. The number of anilines is 1. The molecule has 3 aromatic rings. The molecule has 0 bridgehead atoms. The van der Waals surface area contributed by atoms with E-state index >= 15 is 0 Å². The van der Waals surface area contributed by atoms with E-state index in [0.717, 1.165) is 22.6 Å². The minimum atomic E-state index is -1.79. The summed E-state index contributed by atoms with van der Waals surface area (Å²) in [4.78, 5) is 21.5. The van der Waals surface area contributed by atoms with E-state index in [4.69, 9.17) is 39.5 Å². The van der Waals surface area contributed by atoms with Crippen molar-refractivity contribution in [1.82, 2.24) is 24.9 Å². The number of hydrogen-bond acceptors (Lipinski definition) is 7. The molecule has 0 aliphatic carbocycles. The quantitative estimate of drug-likeness (QED) is 0.518. The molecule has 10 heteroatoms. The molecule has 4 rings (SSSR count). The van der Waals surface area contributed by atoms with Crippen molar-refractivity contribution in [2.24, 2.45) is 0 Å². The second kappa shape index (κ2) is 8.57. The third-order valence-corrected chi connectivity index (χ3v) is 4.98. The zero-order chi connectivity index (χ0) is 22.1. The van der Waals surface area contributed by atoms with E-state index in [1.54, 1.807) is 18.6 Å². The summed E-state index contributed by atoms with van der Waals surface area (Å²) in [5, 5.41) is 3.14. The average Bonchev–Trinajstić information content (AvgIpc) is 2.73. The monoisotopic (exact) mass is 476 g/mol. The van der Waals surface area contributed by atoms with Gasteiger partial charge in [0, 0.05) is 42.7 Å². The summed E-state index contributed by atoms with van der Waals surface area (Å²) in [6, 6.07) is 5.69. The van der Waals surface area contributed by atoms with Crippen LogP contribution in [0.2, 0.25) is 0 Å². The molecule has 0 radical (unpaired) electrons. The van der Waals surface area contributed by atoms with Crippen molar-refractivity contribution < 1.29 is 4.74 Å². The van der Waals surface area contributed by atoms with Crippen LogP contribution in [-0.4, -0.2) is 37.1 Å². The highest BCUT2D eigenvalue weighted by Crippen LogP contribution is 2.38. The Labute approximate surface area is 194 Å². The van der Waals surface area contributed by atoms with Crippen molar-refractivity contribution in [3.8, 4) is 17.1 Å². The highest BCUT2D eigenvalue weighted by atomic mass is 35.6. The molecule has 160 valence electrons. The molecule has 3 heterocycles. The van der Waals surface area contributed by atoms with Crippen LogP contribution in [0.4, 0.5) is 5.95 Å². The Morgan fingerprint density at radius 2 is 1.94 bits per heavy atom. The maximum absolute atomic E-state index is 6.07. The Hall–Kier alpha value is -2.48. The second-order valence-corrected chi connectivity index (χ2v) is 9.75. The van der Waals surface area contributed by atoms with Crippen molar-refractivity contribution >= 4 is 46.8 Å². The van der Waals surface area contributed by atoms with Crippen molar-refractivity contribution in [2.75, 3.05) is 11.9 Å². The third-order valence-electron chi connectivity index (χ3n) is 4.48. The van der Waals surface area contributed by atoms with Crippen LogP contribution in [0.15, 0.2) is 42.9 Å². The standard InChI is InChI=1S/C21H19Cl3N6O/c1-20(2)7-5-13-11-14(3-4-16(13)31-20)17-28-18(21(22,23)24)30-19(29-17)27-8-6-15-12-25-9-10-26-15/h3-5,7,9-12H,6,8H2,1-2H3,(H,27,28,29,30). The lowest BCUT2D eigenvalue weighted by atomic mass is 10.0. The number of ether oxygens (including phenoxy) is 1. The molecule has 1 aliphatic rings. The largest absolute Gasteiger partial charge is 0.483 e. The molecule has 0 atom stereocenters. The second-order valence-electron chi connectivity index (χ2n) is 7.47. The summed E-state index contributed by atoms with van der Waals surface area (Å²) in [5.74, 6) is 1.52. The van der Waals surface area contributed by atoms with Crippen molar-refractivity contribution in [1.29, 1.82) is 0 Å². The summed E-state index contributed by atoms with van der Waals surface area (Å²) in [6.45, 7) is 4.52. The van der Waals surface area contributed by atoms with Crippen LogP contribution < -0.4 is 10.1 Å². The molecule has 2 aromatic heterocycles. The van der Waals surface area contributed by atoms with Gasteiger partial charge in [-0.25, -0.2) is 4.98 Å². The van der Waals surface area contributed by atoms with Crippen LogP contribution in [0.5, 0.6) is 5.75 Å². The first-order chi connectivity index (χ1) is 14.7. The summed E-state index contributed by atoms with van der Waals surface area (Å²) >= 11 is 18.2. The van der Waals surface area contributed by atoms with Crippen molar-refractivity contribution in [3.63, 3.8) is 0 Å². The maximum Gasteiger partial charge on any atom is 0.250 e. The zero-order valence-corrected chi connectivity index (χ0v) is 19.1. The fourth-order valence-electron chi connectivity index (χ4n) is 2.99. The van der Waals surface area contributed by atoms with Crippen LogP contribution in [0, 0.1) is 0 Å². The topological polar surface area (TPSA) is 85.7 Å². The number of hydrogen-bond donors (Lipinski definition) is 1. The zero-order valence-electron chi connectivity index (χ0n) is 16.8. The van der Waals surface area contributed by atoms with Gasteiger partial charge in [0.05, 0.1) is 5.69 Å². The Morgan fingerprint density at radius 3 is 2.68 bits per heavy atom. The first-order valence-electron chi connectivity index (χ1n) is 9.54. The molecule has 0 saturated carbocycles. The number of rotatable bonds is 5. The molecular weight excluding hydrogens is 459 g/mol. The number of alkyl halides is 3. The molecule has 1 N–H and O–H groups in total. The highest BCUT2D eigenvalue weighted by Gasteiger charge is 2.29. The Balaban J connectivity index is 1.62. The number of aromatic nitrogens is 5. The molecule has 0 unspecified atom stereocenters. The molecule has 0 amide bonds. The number of nitrogens with zero attached hydrogens (tertiary/aromatic N) is 5. The first kappa shape index (κ1) is 21.7. The predicted molar refractivity (Wildman–Crippen MR) is 122 cm³/mol. The van der Waals surface area contributed by atoms with E-state index in [-0.39, 0.29) is 11.4 Å². The number of nitrogens with one attached hydrogen (secondary N) is 1. The van der Waals surface area contributed by atoms with Crippen LogP contribution >= 0.6 is 34.8 Å². The number of halogens is 3. The van der Waals surface area contributed by atoms with Gasteiger partial charge in [0.1, 0.15) is 11.4 Å². The first-order valence-corrected chi connectivity index (χ1v) is 10.7. The summed E-state index contributed by atoms with van der Waals surface area (Å²) in [7, 11) is 0. The highest BCUT2D eigenvalue weighted by molar-refractivity contribution is 6.66. The minimum Gasteiger partial charge on any atom is -0.483 e. The lowest BCUT2D eigenvalue weighted by Gasteiger charge is -2.28. The fourth-order valence-corrected chi connectivity index (χ4v) is 3.24. The minimum absolute atomic E-state index is 0.0372. The molecule has 0 fully saturated rings. The van der Waals surface area contributed by atoms with Crippen molar-refractivity contribution in [3.05, 3.63) is 59.9 Å². The Morgan fingerprint density at radius 1 is 1.10 bits per heavy atom. The molecule has 7 nitrogen and oxygen atoms in total. The van der Waals surface area contributed by atoms with Gasteiger partial charge in [0.15, 0.2) is 11.6 Å². The molecule has 1 aromatic carbocycles.